The monoisotopic (exact) mass is 403 g/mol. The highest BCUT2D eigenvalue weighted by Crippen LogP contribution is 2.16. The Morgan fingerprint density at radius 1 is 1.14 bits per heavy atom. The Morgan fingerprint density at radius 2 is 1.93 bits per heavy atom. The van der Waals surface area contributed by atoms with Crippen molar-refractivity contribution in [1.29, 1.82) is 0 Å². The van der Waals surface area contributed by atoms with Gasteiger partial charge in [-0.15, -0.1) is 12.4 Å². The van der Waals surface area contributed by atoms with Gasteiger partial charge in [0.05, 0.1) is 0 Å². The highest BCUT2D eigenvalue weighted by molar-refractivity contribution is 5.94. The van der Waals surface area contributed by atoms with Gasteiger partial charge in [0.2, 0.25) is 0 Å². The molecule has 152 valence electrons. The number of nitrogens with one attached hydrogen (secondary N) is 2. The average Bonchev–Trinajstić information content (AvgIpc) is 2.70. The van der Waals surface area contributed by atoms with Crippen LogP contribution in [-0.2, 0) is 6.61 Å². The molecule has 3 rings (SSSR count). The minimum Gasteiger partial charge on any atom is -0.489 e. The summed E-state index contributed by atoms with van der Waals surface area (Å²) < 4.78 is 5.85. The van der Waals surface area contributed by atoms with Gasteiger partial charge in [0, 0.05) is 38.3 Å². The molecule has 0 atom stereocenters. The predicted octanol–water partition coefficient (Wildman–Crippen LogP) is 3.02. The van der Waals surface area contributed by atoms with E-state index in [1.165, 1.54) is 5.56 Å². The smallest absolute Gasteiger partial charge is 0.251 e. The van der Waals surface area contributed by atoms with Crippen molar-refractivity contribution in [1.82, 2.24) is 15.5 Å². The number of aryl methyl sites for hydroxylation is 1. The highest BCUT2D eigenvalue weighted by atomic mass is 35.5. The summed E-state index contributed by atoms with van der Waals surface area (Å²) in [4.78, 5) is 14.8. The molecule has 1 aliphatic rings. The fraction of sp³-hybridized carbons (Fsp3) is 0.409. The van der Waals surface area contributed by atoms with Crippen LogP contribution < -0.4 is 15.4 Å². The van der Waals surface area contributed by atoms with Crippen LogP contribution in [0.1, 0.15) is 27.9 Å². The summed E-state index contributed by atoms with van der Waals surface area (Å²) in [5.41, 5.74) is 2.97. The lowest BCUT2D eigenvalue weighted by atomic mass is 10.1. The van der Waals surface area contributed by atoms with Gasteiger partial charge in [-0.3, -0.25) is 4.79 Å². The van der Waals surface area contributed by atoms with Crippen molar-refractivity contribution in [3.63, 3.8) is 0 Å². The van der Waals surface area contributed by atoms with Crippen molar-refractivity contribution in [3.05, 3.63) is 65.2 Å². The van der Waals surface area contributed by atoms with Crippen molar-refractivity contribution in [2.24, 2.45) is 0 Å². The number of hydrogen-bond acceptors (Lipinski definition) is 4. The second kappa shape index (κ2) is 11.7. The summed E-state index contributed by atoms with van der Waals surface area (Å²) in [5.74, 6) is 0.668. The summed E-state index contributed by atoms with van der Waals surface area (Å²) in [6.07, 6.45) is 0.968. The Hall–Kier alpha value is -2.08. The van der Waals surface area contributed by atoms with E-state index >= 15 is 0 Å². The van der Waals surface area contributed by atoms with Gasteiger partial charge in [-0.2, -0.15) is 0 Å². The molecule has 1 fully saturated rings. The predicted molar refractivity (Wildman–Crippen MR) is 115 cm³/mol. The SMILES string of the molecule is Cc1cccc(COc2cccc(C(=O)NCCCN3CCNCC3)c2)c1.Cl. The van der Waals surface area contributed by atoms with Gasteiger partial charge in [-0.1, -0.05) is 35.9 Å². The molecule has 28 heavy (non-hydrogen) atoms. The Kier molecular flexibility index (Phi) is 9.28. The Bertz CT molecular complexity index is 748. The van der Waals surface area contributed by atoms with Gasteiger partial charge >= 0.3 is 0 Å². The molecule has 1 aliphatic heterocycles. The second-order valence-electron chi connectivity index (χ2n) is 7.01. The van der Waals surface area contributed by atoms with Crippen molar-refractivity contribution in [2.45, 2.75) is 20.0 Å². The molecule has 5 nitrogen and oxygen atoms in total. The van der Waals surface area contributed by atoms with Crippen LogP contribution in [-0.4, -0.2) is 50.1 Å². The first kappa shape index (κ1) is 22.2. The number of carbonyl (C=O) groups excluding carboxylic acids is 1. The number of hydrogen-bond donors (Lipinski definition) is 2. The van der Waals surface area contributed by atoms with Gasteiger partial charge in [0.1, 0.15) is 12.4 Å². The molecule has 0 saturated carbocycles. The maximum Gasteiger partial charge on any atom is 0.251 e. The summed E-state index contributed by atoms with van der Waals surface area (Å²) in [6.45, 7) is 8.58. The molecular formula is C22H30ClN3O2. The number of benzene rings is 2. The van der Waals surface area contributed by atoms with Crippen molar-refractivity contribution >= 4 is 18.3 Å². The van der Waals surface area contributed by atoms with E-state index in [4.69, 9.17) is 4.74 Å². The maximum absolute atomic E-state index is 12.4. The largest absolute Gasteiger partial charge is 0.489 e. The molecular weight excluding hydrogens is 374 g/mol. The summed E-state index contributed by atoms with van der Waals surface area (Å²) >= 11 is 0. The normalized spacial score (nSPS) is 14.2. The van der Waals surface area contributed by atoms with Crippen LogP contribution in [0.2, 0.25) is 0 Å². The molecule has 1 heterocycles. The Labute approximate surface area is 173 Å². The average molecular weight is 404 g/mol. The standard InChI is InChI=1S/C22H29N3O2.ClH/c1-18-5-2-6-19(15-18)17-27-21-8-3-7-20(16-21)22(26)24-9-4-12-25-13-10-23-11-14-25;/h2-3,5-8,15-16,23H,4,9-14,17H2,1H3,(H,24,26);1H. The number of nitrogens with zero attached hydrogens (tertiary/aromatic N) is 1. The third-order valence-electron chi connectivity index (χ3n) is 4.73. The van der Waals surface area contributed by atoms with Crippen molar-refractivity contribution in [2.75, 3.05) is 39.3 Å². The van der Waals surface area contributed by atoms with Crippen LogP contribution in [0.3, 0.4) is 0 Å². The first-order chi connectivity index (χ1) is 13.2. The number of carbonyl (C=O) groups is 1. The molecule has 1 saturated heterocycles. The third-order valence-corrected chi connectivity index (χ3v) is 4.73. The molecule has 0 aliphatic carbocycles. The van der Waals surface area contributed by atoms with Crippen LogP contribution >= 0.6 is 12.4 Å². The lowest BCUT2D eigenvalue weighted by molar-refractivity contribution is 0.0950. The van der Waals surface area contributed by atoms with Gasteiger partial charge in [-0.05, 0) is 43.7 Å². The van der Waals surface area contributed by atoms with E-state index in [9.17, 15) is 4.79 Å². The minimum absolute atomic E-state index is 0. The lowest BCUT2D eigenvalue weighted by Crippen LogP contribution is -2.44. The van der Waals surface area contributed by atoms with E-state index in [0.717, 1.165) is 44.7 Å². The number of halogens is 1. The quantitative estimate of drug-likeness (QED) is 0.665. The molecule has 0 radical (unpaired) electrons. The molecule has 1 amide bonds. The molecule has 2 aromatic rings. The molecule has 0 unspecified atom stereocenters. The van der Waals surface area contributed by atoms with Crippen LogP contribution in [0.5, 0.6) is 5.75 Å². The van der Waals surface area contributed by atoms with E-state index in [-0.39, 0.29) is 18.3 Å². The summed E-state index contributed by atoms with van der Waals surface area (Å²) in [7, 11) is 0. The molecule has 2 N–H and O–H groups in total. The van der Waals surface area contributed by atoms with Crippen molar-refractivity contribution in [3.8, 4) is 5.75 Å². The Balaban J connectivity index is 0.00000280. The zero-order valence-electron chi connectivity index (χ0n) is 16.4. The van der Waals surface area contributed by atoms with Gasteiger partial charge in [0.25, 0.3) is 5.91 Å². The van der Waals surface area contributed by atoms with E-state index in [0.29, 0.717) is 24.5 Å². The van der Waals surface area contributed by atoms with Gasteiger partial charge in [0.15, 0.2) is 0 Å². The number of amides is 1. The topological polar surface area (TPSA) is 53.6 Å². The highest BCUT2D eigenvalue weighted by Gasteiger charge is 2.10. The molecule has 0 spiro atoms. The van der Waals surface area contributed by atoms with Crippen LogP contribution in [0, 0.1) is 6.92 Å². The second-order valence-corrected chi connectivity index (χ2v) is 7.01. The fourth-order valence-electron chi connectivity index (χ4n) is 3.24. The summed E-state index contributed by atoms with van der Waals surface area (Å²) in [6, 6.07) is 15.6. The molecule has 0 aromatic heterocycles. The molecule has 2 aromatic carbocycles. The fourth-order valence-corrected chi connectivity index (χ4v) is 3.24. The third kappa shape index (κ3) is 7.15. The molecule has 6 heteroatoms. The Morgan fingerprint density at radius 3 is 2.71 bits per heavy atom. The number of piperazine rings is 1. The van der Waals surface area contributed by atoms with Crippen molar-refractivity contribution < 1.29 is 9.53 Å². The van der Waals surface area contributed by atoms with Gasteiger partial charge in [-0.25, -0.2) is 0 Å². The lowest BCUT2D eigenvalue weighted by Gasteiger charge is -2.27. The van der Waals surface area contributed by atoms with E-state index in [2.05, 4.69) is 34.6 Å². The number of ether oxygens (including phenoxy) is 1. The van der Waals surface area contributed by atoms with Gasteiger partial charge < -0.3 is 20.3 Å². The van der Waals surface area contributed by atoms with E-state index < -0.39 is 0 Å². The van der Waals surface area contributed by atoms with Crippen LogP contribution in [0.25, 0.3) is 0 Å². The van der Waals surface area contributed by atoms with Crippen LogP contribution in [0.4, 0.5) is 0 Å². The van der Waals surface area contributed by atoms with E-state index in [1.807, 2.05) is 30.3 Å². The molecule has 0 bridgehead atoms. The van der Waals surface area contributed by atoms with E-state index in [1.54, 1.807) is 6.07 Å². The first-order valence-corrected chi connectivity index (χ1v) is 9.70. The number of rotatable bonds is 8. The first-order valence-electron chi connectivity index (χ1n) is 9.70. The maximum atomic E-state index is 12.4. The zero-order chi connectivity index (χ0) is 18.9. The minimum atomic E-state index is -0.0451. The summed E-state index contributed by atoms with van der Waals surface area (Å²) in [5, 5.41) is 6.36. The van der Waals surface area contributed by atoms with Crippen LogP contribution in [0.15, 0.2) is 48.5 Å². The zero-order valence-corrected chi connectivity index (χ0v) is 17.3.